The van der Waals surface area contributed by atoms with Gasteiger partial charge in [0.25, 0.3) is 0 Å². The summed E-state index contributed by atoms with van der Waals surface area (Å²) in [7, 11) is 0. The number of carboxylic acids is 2. The first kappa shape index (κ1) is 16.8. The van der Waals surface area contributed by atoms with Gasteiger partial charge in [0.05, 0.1) is 17.8 Å². The maximum absolute atomic E-state index is 11.4. The molecule has 1 atom stereocenters. The van der Waals surface area contributed by atoms with E-state index in [9.17, 15) is 34.9 Å². The lowest BCUT2D eigenvalue weighted by Gasteiger charge is -2.26. The molecule has 0 spiro atoms. The molecule has 0 aliphatic heterocycles. The van der Waals surface area contributed by atoms with Crippen LogP contribution in [0.5, 0.6) is 0 Å². The zero-order valence-electron chi connectivity index (χ0n) is 11.0. The van der Waals surface area contributed by atoms with E-state index in [2.05, 4.69) is 0 Å². The third kappa shape index (κ3) is 3.08. The number of nitro groups is 2. The van der Waals surface area contributed by atoms with E-state index in [1.165, 1.54) is 18.2 Å². The molecule has 0 amide bonds. The predicted octanol–water partition coefficient (Wildman–Crippen LogP) is 0.607. The van der Waals surface area contributed by atoms with Gasteiger partial charge in [0, 0.05) is 0 Å². The van der Waals surface area contributed by atoms with Crippen molar-refractivity contribution >= 4 is 17.6 Å². The minimum Gasteiger partial charge on any atom is -0.481 e. The van der Waals surface area contributed by atoms with Gasteiger partial charge in [-0.25, -0.2) is 14.9 Å². The quantitative estimate of drug-likeness (QED) is 0.397. The molecule has 0 aliphatic rings. The average molecular weight is 313 g/mol. The van der Waals surface area contributed by atoms with Crippen LogP contribution in [0.2, 0.25) is 0 Å². The topological polar surface area (TPSA) is 164 Å². The summed E-state index contributed by atoms with van der Waals surface area (Å²) in [6.07, 6.45) is -2.01. The number of nitrogens with zero attached hydrogens (tertiary/aromatic N) is 3. The maximum atomic E-state index is 11.4. The summed E-state index contributed by atoms with van der Waals surface area (Å²) in [5.74, 6) is -3.64. The fourth-order valence-corrected chi connectivity index (χ4v) is 1.84. The van der Waals surface area contributed by atoms with Gasteiger partial charge in [0.15, 0.2) is 5.03 Å². The van der Waals surface area contributed by atoms with Gasteiger partial charge in [-0.3, -0.25) is 14.9 Å². The summed E-state index contributed by atoms with van der Waals surface area (Å²) in [6.45, 7) is 0. The Hall–Kier alpha value is -3.24. The summed E-state index contributed by atoms with van der Waals surface area (Å²) >= 11 is 0. The molecule has 0 bridgehead atoms. The smallest absolute Gasteiger partial charge is 0.444 e. The first-order valence-electron chi connectivity index (χ1n) is 5.82. The van der Waals surface area contributed by atoms with Crippen LogP contribution in [-0.4, -0.2) is 37.8 Å². The normalized spacial score (nSPS) is 12.9. The number of benzene rings is 1. The Labute approximate surface area is 122 Å². The molecule has 2 N–H and O–H groups in total. The van der Waals surface area contributed by atoms with Gasteiger partial charge < -0.3 is 10.2 Å². The van der Waals surface area contributed by atoms with Crippen LogP contribution in [0.3, 0.4) is 0 Å². The van der Waals surface area contributed by atoms with E-state index in [-0.39, 0.29) is 10.7 Å². The highest BCUT2D eigenvalue weighted by molar-refractivity contribution is 5.81. The van der Waals surface area contributed by atoms with Crippen LogP contribution in [0, 0.1) is 20.2 Å². The van der Waals surface area contributed by atoms with Crippen LogP contribution in [0.15, 0.2) is 30.3 Å². The highest BCUT2D eigenvalue weighted by Crippen LogP contribution is 2.29. The minimum absolute atomic E-state index is 0.141. The van der Waals surface area contributed by atoms with E-state index in [1.807, 2.05) is 0 Å². The van der Waals surface area contributed by atoms with Crippen molar-refractivity contribution in [3.63, 3.8) is 0 Å². The highest BCUT2D eigenvalue weighted by Gasteiger charge is 2.63. The fourth-order valence-electron chi connectivity index (χ4n) is 1.84. The molecule has 0 radical (unpaired) electrons. The Bertz CT molecular complexity index is 589. The van der Waals surface area contributed by atoms with E-state index in [0.29, 0.717) is 0 Å². The Kier molecular flexibility index (Phi) is 4.95. The van der Waals surface area contributed by atoms with Gasteiger partial charge in [0.1, 0.15) is 5.69 Å². The van der Waals surface area contributed by atoms with Gasteiger partial charge in [-0.2, -0.15) is 0 Å². The van der Waals surface area contributed by atoms with Crippen molar-refractivity contribution in [2.75, 3.05) is 5.01 Å². The maximum Gasteiger partial charge on any atom is 0.444 e. The zero-order chi connectivity index (χ0) is 16.9. The van der Waals surface area contributed by atoms with E-state index in [0.717, 1.165) is 12.1 Å². The van der Waals surface area contributed by atoms with E-state index in [4.69, 9.17) is 5.11 Å². The number of hydrogen-bond acceptors (Lipinski definition) is 6. The molecule has 0 aliphatic carbocycles. The van der Waals surface area contributed by atoms with Crippen LogP contribution in [-0.2, 0) is 9.59 Å². The molecule has 1 aromatic carbocycles. The lowest BCUT2D eigenvalue weighted by molar-refractivity contribution is -0.625. The fraction of sp³-hybridized carbons (Fsp3) is 0.273. The monoisotopic (exact) mass is 313 g/mol. The summed E-state index contributed by atoms with van der Waals surface area (Å²) in [5, 5.41) is 38.9. The molecule has 1 rings (SSSR count). The Morgan fingerprint density at radius 2 is 1.68 bits per heavy atom. The molecular weight excluding hydrogens is 302 g/mol. The predicted molar refractivity (Wildman–Crippen MR) is 70.1 cm³/mol. The van der Waals surface area contributed by atoms with E-state index < -0.39 is 40.4 Å². The Balaban J connectivity index is 3.50. The van der Waals surface area contributed by atoms with Crippen molar-refractivity contribution in [3.8, 4) is 0 Å². The first-order valence-corrected chi connectivity index (χ1v) is 5.82. The minimum atomic E-state index is -3.23. The second-order valence-electron chi connectivity index (χ2n) is 4.16. The number of anilines is 1. The standard InChI is InChI=1S/C11H11N3O8/c15-9(16)6-7-11(10(17)18,13(19)20)12(14(21)22)8-4-2-1-3-5-8/h1-5H,6-7H2,(H,15,16)(H,17,18)/t11-/m1/s1. The first-order chi connectivity index (χ1) is 10.2. The van der Waals surface area contributed by atoms with Crippen LogP contribution >= 0.6 is 0 Å². The van der Waals surface area contributed by atoms with E-state index >= 15 is 0 Å². The van der Waals surface area contributed by atoms with Crippen LogP contribution < -0.4 is 5.01 Å². The third-order valence-corrected chi connectivity index (χ3v) is 2.85. The molecule has 22 heavy (non-hydrogen) atoms. The number of hydrogen-bond donors (Lipinski definition) is 2. The van der Waals surface area contributed by atoms with Crippen molar-refractivity contribution in [1.82, 2.24) is 0 Å². The second kappa shape index (κ2) is 6.47. The lowest BCUT2D eigenvalue weighted by atomic mass is 10.0. The molecule has 0 saturated heterocycles. The number of para-hydroxylation sites is 1. The Morgan fingerprint density at radius 1 is 1.14 bits per heavy atom. The number of aliphatic carboxylic acids is 2. The summed E-state index contributed by atoms with van der Waals surface area (Å²) in [5.41, 5.74) is -3.58. The zero-order valence-corrected chi connectivity index (χ0v) is 11.0. The van der Waals surface area contributed by atoms with Gasteiger partial charge in [-0.1, -0.05) is 18.2 Å². The molecule has 1 aromatic rings. The molecule has 0 heterocycles. The molecule has 11 heteroatoms. The number of hydrazine groups is 1. The van der Waals surface area contributed by atoms with E-state index in [1.54, 1.807) is 0 Å². The molecule has 11 nitrogen and oxygen atoms in total. The van der Waals surface area contributed by atoms with Crippen LogP contribution in [0.4, 0.5) is 5.69 Å². The summed E-state index contributed by atoms with van der Waals surface area (Å²) in [6, 6.07) is 6.37. The van der Waals surface area contributed by atoms with Gasteiger partial charge in [-0.15, -0.1) is 0 Å². The van der Waals surface area contributed by atoms with Crippen molar-refractivity contribution in [1.29, 1.82) is 0 Å². The highest BCUT2D eigenvalue weighted by atomic mass is 16.7. The largest absolute Gasteiger partial charge is 0.481 e. The third-order valence-electron chi connectivity index (χ3n) is 2.85. The molecule has 0 aromatic heterocycles. The van der Waals surface area contributed by atoms with Crippen LogP contribution in [0.1, 0.15) is 12.8 Å². The summed E-state index contributed by atoms with van der Waals surface area (Å²) in [4.78, 5) is 43.2. The molecule has 118 valence electrons. The van der Waals surface area contributed by atoms with Crippen molar-refractivity contribution < 1.29 is 29.8 Å². The van der Waals surface area contributed by atoms with Crippen molar-refractivity contribution in [2.24, 2.45) is 0 Å². The molecule has 0 fully saturated rings. The van der Waals surface area contributed by atoms with Gasteiger partial charge in [-0.05, 0) is 17.1 Å². The number of carboxylic acid groups (broad SMARTS) is 2. The van der Waals surface area contributed by atoms with Gasteiger partial charge >= 0.3 is 17.6 Å². The average Bonchev–Trinajstić information content (AvgIpc) is 2.42. The molecule has 0 unspecified atom stereocenters. The van der Waals surface area contributed by atoms with Crippen LogP contribution in [0.25, 0.3) is 0 Å². The van der Waals surface area contributed by atoms with Crippen molar-refractivity contribution in [3.05, 3.63) is 50.6 Å². The van der Waals surface area contributed by atoms with Gasteiger partial charge in [0.2, 0.25) is 0 Å². The summed E-state index contributed by atoms with van der Waals surface area (Å²) < 4.78 is 0. The molecular formula is C11H11N3O8. The van der Waals surface area contributed by atoms with Crippen molar-refractivity contribution in [2.45, 2.75) is 18.5 Å². The molecule has 0 saturated carbocycles. The second-order valence-corrected chi connectivity index (χ2v) is 4.16. The Morgan fingerprint density at radius 3 is 2.05 bits per heavy atom. The lowest BCUT2D eigenvalue weighted by Crippen LogP contribution is -2.63. The number of rotatable bonds is 8. The number of carbonyl (C=O) groups is 2. The SMILES string of the molecule is O=C(O)CC[C@@](C(=O)O)(N(c1ccccc1)[N+](=O)[O-])[N+](=O)[O-].